The van der Waals surface area contributed by atoms with Gasteiger partial charge in [0.25, 0.3) is 0 Å². The van der Waals surface area contributed by atoms with Crippen LogP contribution in [0.4, 0.5) is 4.39 Å². The molecule has 1 aliphatic rings. The Bertz CT molecular complexity index is 1170. The number of halogens is 1. The van der Waals surface area contributed by atoms with Crippen molar-refractivity contribution in [1.82, 2.24) is 14.9 Å². The van der Waals surface area contributed by atoms with Gasteiger partial charge >= 0.3 is 12.0 Å². The van der Waals surface area contributed by atoms with Crippen molar-refractivity contribution in [3.8, 4) is 23.0 Å². The number of rotatable bonds is 8. The van der Waals surface area contributed by atoms with Crippen LogP contribution in [0.25, 0.3) is 11.1 Å². The third kappa shape index (κ3) is 5.17. The smallest absolute Gasteiger partial charge is 0.320 e. The maximum absolute atomic E-state index is 14.3. The predicted octanol–water partition coefficient (Wildman–Crippen LogP) is 4.62. The number of hydrogen-bond acceptors (Lipinski definition) is 6. The number of aliphatic carboxylic acids is 1. The lowest BCUT2D eigenvalue weighted by Gasteiger charge is -2.32. The third-order valence-electron chi connectivity index (χ3n) is 6.23. The van der Waals surface area contributed by atoms with Crippen molar-refractivity contribution in [1.29, 1.82) is 0 Å². The van der Waals surface area contributed by atoms with Crippen molar-refractivity contribution in [3.63, 3.8) is 0 Å². The van der Waals surface area contributed by atoms with E-state index in [4.69, 9.17) is 9.47 Å². The second-order valence-electron chi connectivity index (χ2n) is 8.37. The van der Waals surface area contributed by atoms with Crippen LogP contribution in [0.3, 0.4) is 0 Å². The Morgan fingerprint density at radius 3 is 2.71 bits per heavy atom. The number of piperidine rings is 1. The number of nitrogens with zero attached hydrogens (tertiary/aromatic N) is 3. The van der Waals surface area contributed by atoms with Gasteiger partial charge in [-0.2, -0.15) is 4.98 Å². The minimum Gasteiger partial charge on any atom is -0.481 e. The van der Waals surface area contributed by atoms with Crippen LogP contribution >= 0.6 is 0 Å². The molecule has 1 saturated heterocycles. The first-order chi connectivity index (χ1) is 16.5. The molecule has 34 heavy (non-hydrogen) atoms. The summed E-state index contributed by atoms with van der Waals surface area (Å²) in [5.41, 5.74) is 3.87. The van der Waals surface area contributed by atoms with E-state index >= 15 is 0 Å². The average molecular weight is 466 g/mol. The predicted molar refractivity (Wildman–Crippen MR) is 125 cm³/mol. The van der Waals surface area contributed by atoms with Crippen molar-refractivity contribution in [2.24, 2.45) is 0 Å². The molecule has 0 aliphatic carbocycles. The molecule has 0 bridgehead atoms. The van der Waals surface area contributed by atoms with Crippen molar-refractivity contribution >= 4 is 5.97 Å². The molecule has 2 heterocycles. The molecule has 7 nitrogen and oxygen atoms in total. The molecular formula is C26H28FN3O4. The number of likely N-dealkylation sites (tertiary alicyclic amines) is 1. The summed E-state index contributed by atoms with van der Waals surface area (Å²) < 4.78 is 25.6. The van der Waals surface area contributed by atoms with Gasteiger partial charge in [0, 0.05) is 23.9 Å². The standard InChI is InChI=1S/C26H28FN3O4/c1-17-18(8-7-10-20(17)21-9-3-4-11-22(21)27)16-34-26-28-14-19(24(29-26)33-2)15-30-13-6-5-12-23(30)25(31)32/h3-4,7-11,14,23H,5-6,12-13,15-16H2,1-2H3,(H,31,32). The molecule has 2 aromatic carbocycles. The Morgan fingerprint density at radius 1 is 1.15 bits per heavy atom. The minimum absolute atomic E-state index is 0.157. The molecule has 178 valence electrons. The normalized spacial score (nSPS) is 16.3. The van der Waals surface area contributed by atoms with Gasteiger partial charge in [-0.1, -0.05) is 42.8 Å². The van der Waals surface area contributed by atoms with Crippen LogP contribution in [-0.2, 0) is 17.9 Å². The van der Waals surface area contributed by atoms with E-state index < -0.39 is 12.0 Å². The Labute approximate surface area is 198 Å². The fourth-order valence-electron chi connectivity index (χ4n) is 4.36. The van der Waals surface area contributed by atoms with Crippen LogP contribution in [0.5, 0.6) is 11.9 Å². The molecule has 3 aromatic rings. The Kier molecular flexibility index (Phi) is 7.37. The van der Waals surface area contributed by atoms with Gasteiger partial charge in [-0.25, -0.2) is 9.37 Å². The molecule has 1 fully saturated rings. The monoisotopic (exact) mass is 465 g/mol. The van der Waals surface area contributed by atoms with E-state index in [-0.39, 0.29) is 18.4 Å². The summed E-state index contributed by atoms with van der Waals surface area (Å²) in [6.07, 6.45) is 4.12. The molecule has 0 spiro atoms. The molecular weight excluding hydrogens is 437 g/mol. The lowest BCUT2D eigenvalue weighted by Crippen LogP contribution is -2.44. The fourth-order valence-corrected chi connectivity index (χ4v) is 4.36. The van der Waals surface area contributed by atoms with E-state index in [1.165, 1.54) is 13.2 Å². The summed E-state index contributed by atoms with van der Waals surface area (Å²) in [5, 5.41) is 9.52. The zero-order valence-corrected chi connectivity index (χ0v) is 19.3. The largest absolute Gasteiger partial charge is 0.481 e. The van der Waals surface area contributed by atoms with Gasteiger partial charge in [-0.05, 0) is 49.1 Å². The maximum Gasteiger partial charge on any atom is 0.320 e. The summed E-state index contributed by atoms with van der Waals surface area (Å²) in [6.45, 7) is 3.24. The highest BCUT2D eigenvalue weighted by Crippen LogP contribution is 2.29. The molecule has 4 rings (SSSR count). The SMILES string of the molecule is COc1nc(OCc2cccc(-c3ccccc3F)c2C)ncc1CN1CCCCC1C(=O)O. The molecule has 1 unspecified atom stereocenters. The lowest BCUT2D eigenvalue weighted by molar-refractivity contribution is -0.144. The number of carbonyl (C=O) groups is 1. The van der Waals surface area contributed by atoms with Gasteiger partial charge in [0.05, 0.1) is 7.11 Å². The number of carboxylic acids is 1. The Balaban J connectivity index is 1.49. The van der Waals surface area contributed by atoms with Crippen LogP contribution in [0.1, 0.15) is 36.0 Å². The van der Waals surface area contributed by atoms with Crippen LogP contribution in [0, 0.1) is 12.7 Å². The summed E-state index contributed by atoms with van der Waals surface area (Å²) in [5.74, 6) is -0.727. The van der Waals surface area contributed by atoms with Crippen molar-refractivity contribution in [2.45, 2.75) is 45.4 Å². The van der Waals surface area contributed by atoms with Gasteiger partial charge in [0.2, 0.25) is 5.88 Å². The van der Waals surface area contributed by atoms with Gasteiger partial charge in [-0.3, -0.25) is 9.69 Å². The Hall–Kier alpha value is -3.52. The highest BCUT2D eigenvalue weighted by molar-refractivity contribution is 5.73. The average Bonchev–Trinajstić information content (AvgIpc) is 2.85. The summed E-state index contributed by atoms with van der Waals surface area (Å²) in [4.78, 5) is 22.2. The molecule has 1 N–H and O–H groups in total. The van der Waals surface area contributed by atoms with E-state index in [1.54, 1.807) is 18.3 Å². The van der Waals surface area contributed by atoms with E-state index in [1.807, 2.05) is 36.1 Å². The quantitative estimate of drug-likeness (QED) is 0.520. The van der Waals surface area contributed by atoms with E-state index in [2.05, 4.69) is 9.97 Å². The zero-order chi connectivity index (χ0) is 24.1. The van der Waals surface area contributed by atoms with Crippen LogP contribution in [0.2, 0.25) is 0 Å². The summed E-state index contributed by atoms with van der Waals surface area (Å²) >= 11 is 0. The lowest BCUT2D eigenvalue weighted by atomic mass is 9.96. The molecule has 1 atom stereocenters. The first-order valence-corrected chi connectivity index (χ1v) is 11.3. The first-order valence-electron chi connectivity index (χ1n) is 11.3. The summed E-state index contributed by atoms with van der Waals surface area (Å²) in [7, 11) is 1.52. The van der Waals surface area contributed by atoms with E-state index in [0.717, 1.165) is 29.5 Å². The molecule has 0 radical (unpaired) electrons. The van der Waals surface area contributed by atoms with Gasteiger partial charge in [0.1, 0.15) is 18.5 Å². The molecule has 0 amide bonds. The second-order valence-corrected chi connectivity index (χ2v) is 8.37. The highest BCUT2D eigenvalue weighted by atomic mass is 19.1. The fraction of sp³-hybridized carbons (Fsp3) is 0.346. The molecule has 8 heteroatoms. The number of carboxylic acid groups (broad SMARTS) is 1. The van der Waals surface area contributed by atoms with Crippen molar-refractivity contribution < 1.29 is 23.8 Å². The van der Waals surface area contributed by atoms with Crippen molar-refractivity contribution in [2.75, 3.05) is 13.7 Å². The van der Waals surface area contributed by atoms with Gasteiger partial charge < -0.3 is 14.6 Å². The maximum atomic E-state index is 14.3. The van der Waals surface area contributed by atoms with Crippen LogP contribution in [0.15, 0.2) is 48.7 Å². The number of methoxy groups -OCH3 is 1. The number of benzene rings is 2. The van der Waals surface area contributed by atoms with Crippen LogP contribution in [-0.4, -0.2) is 45.6 Å². The molecule has 1 aromatic heterocycles. The molecule has 1 aliphatic heterocycles. The van der Waals surface area contributed by atoms with E-state index in [0.29, 0.717) is 36.5 Å². The van der Waals surface area contributed by atoms with Gasteiger partial charge in [-0.15, -0.1) is 0 Å². The second kappa shape index (κ2) is 10.6. The summed E-state index contributed by atoms with van der Waals surface area (Å²) in [6, 6.07) is 12.0. The molecule has 0 saturated carbocycles. The van der Waals surface area contributed by atoms with Crippen molar-refractivity contribution in [3.05, 3.63) is 71.2 Å². The Morgan fingerprint density at radius 2 is 1.94 bits per heavy atom. The zero-order valence-electron chi connectivity index (χ0n) is 19.3. The number of aromatic nitrogens is 2. The van der Waals surface area contributed by atoms with Crippen LogP contribution < -0.4 is 9.47 Å². The first kappa shape index (κ1) is 23.6. The highest BCUT2D eigenvalue weighted by Gasteiger charge is 2.29. The minimum atomic E-state index is -0.812. The number of ether oxygens (including phenoxy) is 2. The van der Waals surface area contributed by atoms with Gasteiger partial charge in [0.15, 0.2) is 0 Å². The third-order valence-corrected chi connectivity index (χ3v) is 6.23. The van der Waals surface area contributed by atoms with E-state index in [9.17, 15) is 14.3 Å². The topological polar surface area (TPSA) is 84.8 Å². The number of hydrogen-bond donors (Lipinski definition) is 1.